The van der Waals surface area contributed by atoms with Crippen molar-refractivity contribution in [1.82, 2.24) is 20.5 Å². The number of aliphatic hydroxyl groups is 1. The van der Waals surface area contributed by atoms with Crippen LogP contribution in [0.25, 0.3) is 10.4 Å². The third kappa shape index (κ3) is 5.16. The monoisotopic (exact) mass is 514 g/mol. The Morgan fingerprint density at radius 3 is 2.39 bits per heavy atom. The van der Waals surface area contributed by atoms with E-state index < -0.39 is 29.1 Å². The van der Waals surface area contributed by atoms with Crippen molar-refractivity contribution in [3.8, 4) is 10.4 Å². The van der Waals surface area contributed by atoms with E-state index in [4.69, 9.17) is 4.74 Å². The molecule has 3 N–H and O–H groups in total. The summed E-state index contributed by atoms with van der Waals surface area (Å²) in [6.45, 7) is 9.56. The van der Waals surface area contributed by atoms with E-state index in [1.54, 1.807) is 11.3 Å². The lowest BCUT2D eigenvalue weighted by atomic mass is 9.85. The van der Waals surface area contributed by atoms with Gasteiger partial charge in [0.05, 0.1) is 35.4 Å². The first-order chi connectivity index (χ1) is 16.9. The second-order valence-corrected chi connectivity index (χ2v) is 11.7. The van der Waals surface area contributed by atoms with E-state index in [1.807, 2.05) is 57.5 Å². The topological polar surface area (TPSA) is 121 Å². The maximum Gasteiger partial charge on any atom is 0.246 e. The molecule has 0 saturated carbocycles. The molecule has 1 aromatic carbocycles. The van der Waals surface area contributed by atoms with E-state index >= 15 is 0 Å². The molecule has 1 aromatic heterocycles. The van der Waals surface area contributed by atoms with Crippen LogP contribution in [-0.2, 0) is 24.7 Å². The second kappa shape index (κ2) is 9.91. The van der Waals surface area contributed by atoms with E-state index in [0.29, 0.717) is 13.2 Å². The van der Waals surface area contributed by atoms with Crippen LogP contribution < -0.4 is 10.6 Å². The molecule has 2 fully saturated rings. The van der Waals surface area contributed by atoms with E-state index in [0.717, 1.165) is 21.7 Å². The summed E-state index contributed by atoms with van der Waals surface area (Å²) in [4.78, 5) is 45.6. The van der Waals surface area contributed by atoms with Crippen LogP contribution >= 0.6 is 11.3 Å². The predicted octanol–water partition coefficient (Wildman–Crippen LogP) is 1.97. The number of carbonyl (C=O) groups excluding carboxylic acids is 3. The highest BCUT2D eigenvalue weighted by molar-refractivity contribution is 7.13. The Labute approximate surface area is 215 Å². The third-order valence-electron chi connectivity index (χ3n) is 6.83. The number of nitrogens with zero attached hydrogens (tertiary/aromatic N) is 2. The van der Waals surface area contributed by atoms with E-state index in [2.05, 4.69) is 15.6 Å². The quantitative estimate of drug-likeness (QED) is 0.542. The molecule has 2 aliphatic rings. The lowest BCUT2D eigenvalue weighted by molar-refractivity contribution is -0.147. The van der Waals surface area contributed by atoms with Gasteiger partial charge in [0.25, 0.3) is 0 Å². The first-order valence-electron chi connectivity index (χ1n) is 12.1. The summed E-state index contributed by atoms with van der Waals surface area (Å²) in [5.41, 5.74) is 3.48. The first kappa shape index (κ1) is 26.2. The molecule has 10 heteroatoms. The van der Waals surface area contributed by atoms with Crippen LogP contribution in [0.5, 0.6) is 0 Å². The summed E-state index contributed by atoms with van der Waals surface area (Å²) in [7, 11) is 0. The number of likely N-dealkylation sites (tertiary alicyclic amines) is 1. The zero-order valence-corrected chi connectivity index (χ0v) is 22.1. The van der Waals surface area contributed by atoms with Gasteiger partial charge >= 0.3 is 0 Å². The van der Waals surface area contributed by atoms with Gasteiger partial charge in [0.1, 0.15) is 17.6 Å². The van der Waals surface area contributed by atoms with Gasteiger partial charge in [0, 0.05) is 19.9 Å². The average Bonchev–Trinajstić information content (AvgIpc) is 3.39. The summed E-state index contributed by atoms with van der Waals surface area (Å²) in [5.74, 6) is -1.05. The molecular weight excluding hydrogens is 480 g/mol. The Morgan fingerprint density at radius 1 is 1.22 bits per heavy atom. The number of nitrogens with one attached hydrogen (secondary N) is 2. The molecule has 0 spiro atoms. The number of aryl methyl sites for hydroxylation is 1. The van der Waals surface area contributed by atoms with Gasteiger partial charge in [-0.25, -0.2) is 4.98 Å². The van der Waals surface area contributed by atoms with E-state index in [1.165, 1.54) is 11.8 Å². The second-order valence-electron chi connectivity index (χ2n) is 10.8. The van der Waals surface area contributed by atoms with Crippen LogP contribution in [0.2, 0.25) is 0 Å². The Hall–Kier alpha value is -2.82. The first-order valence-corrected chi connectivity index (χ1v) is 13.0. The van der Waals surface area contributed by atoms with Crippen molar-refractivity contribution in [3.63, 3.8) is 0 Å². The number of rotatable bonds is 6. The fourth-order valence-electron chi connectivity index (χ4n) is 4.78. The van der Waals surface area contributed by atoms with Crippen molar-refractivity contribution in [2.24, 2.45) is 5.41 Å². The smallest absolute Gasteiger partial charge is 0.246 e. The summed E-state index contributed by atoms with van der Waals surface area (Å²) in [5, 5.41) is 16.2. The zero-order valence-electron chi connectivity index (χ0n) is 21.3. The number of hydrogen-bond donors (Lipinski definition) is 3. The van der Waals surface area contributed by atoms with Gasteiger partial charge in [-0.2, -0.15) is 0 Å². The van der Waals surface area contributed by atoms with Gasteiger partial charge in [-0.15, -0.1) is 11.3 Å². The number of benzene rings is 1. The number of aliphatic hydroxyl groups excluding tert-OH is 1. The van der Waals surface area contributed by atoms with Crippen molar-refractivity contribution in [1.29, 1.82) is 0 Å². The highest BCUT2D eigenvalue weighted by Crippen LogP contribution is 2.34. The average molecular weight is 515 g/mol. The van der Waals surface area contributed by atoms with Gasteiger partial charge in [0.2, 0.25) is 17.7 Å². The van der Waals surface area contributed by atoms with Crippen LogP contribution in [0.3, 0.4) is 0 Å². The molecule has 0 radical (unpaired) electrons. The van der Waals surface area contributed by atoms with Gasteiger partial charge in [0.15, 0.2) is 0 Å². The van der Waals surface area contributed by atoms with Gasteiger partial charge < -0.3 is 25.4 Å². The maximum absolute atomic E-state index is 13.5. The molecule has 36 heavy (non-hydrogen) atoms. The summed E-state index contributed by atoms with van der Waals surface area (Å²) < 4.78 is 5.50. The van der Waals surface area contributed by atoms with Gasteiger partial charge in [-0.3, -0.25) is 14.4 Å². The summed E-state index contributed by atoms with van der Waals surface area (Å²) in [6.07, 6.45) is -0.687. The van der Waals surface area contributed by atoms with Gasteiger partial charge in [-0.1, -0.05) is 45.0 Å². The van der Waals surface area contributed by atoms with E-state index in [9.17, 15) is 19.5 Å². The number of aromatic nitrogens is 1. The predicted molar refractivity (Wildman–Crippen MR) is 136 cm³/mol. The van der Waals surface area contributed by atoms with Crippen LogP contribution in [-0.4, -0.2) is 70.7 Å². The lowest BCUT2D eigenvalue weighted by Gasteiger charge is -2.44. The fourth-order valence-corrected chi connectivity index (χ4v) is 5.59. The highest BCUT2D eigenvalue weighted by atomic mass is 32.1. The minimum absolute atomic E-state index is 0.0372. The molecule has 4 rings (SSSR count). The molecule has 194 valence electrons. The molecular formula is C26H34N4O5S. The molecule has 0 unspecified atom stereocenters. The molecule has 3 heterocycles. The fraction of sp³-hybridized carbons (Fsp3) is 0.538. The van der Waals surface area contributed by atoms with Crippen LogP contribution in [0.1, 0.15) is 45.4 Å². The van der Waals surface area contributed by atoms with Gasteiger partial charge in [-0.05, 0) is 23.5 Å². The number of β-amino-alcohol motifs (C(OH)–C–C–N with tert-alkyl or cyclic N) is 1. The summed E-state index contributed by atoms with van der Waals surface area (Å²) >= 11 is 1.58. The standard InChI is InChI=1S/C26H34N4O5S/c1-15-21(36-14-27-15)17-6-8-18(9-7-17)26(12-35-13-26)29-23(33)20-10-19(32)11-30(20)24(34)22(25(3,4)5)28-16(2)31/h6-9,14,19-20,22,32H,10-13H2,1-5H3,(H,28,31)(H,29,33)/t19-,20+,22-/m1/s1. The Balaban J connectivity index is 1.53. The van der Waals surface area contributed by atoms with Crippen molar-refractivity contribution in [2.45, 2.75) is 64.8 Å². The van der Waals surface area contributed by atoms with Crippen LogP contribution in [0.4, 0.5) is 0 Å². The minimum atomic E-state index is -0.845. The summed E-state index contributed by atoms with van der Waals surface area (Å²) in [6, 6.07) is 6.32. The molecule has 2 aromatic rings. The molecule has 9 nitrogen and oxygen atoms in total. The van der Waals surface area contributed by atoms with Crippen molar-refractivity contribution < 1.29 is 24.2 Å². The minimum Gasteiger partial charge on any atom is -0.391 e. The van der Waals surface area contributed by atoms with Crippen LogP contribution in [0, 0.1) is 12.3 Å². The Morgan fingerprint density at radius 2 is 1.89 bits per heavy atom. The lowest BCUT2D eigenvalue weighted by Crippen LogP contribution is -2.63. The SMILES string of the molecule is CC(=O)N[C@H](C(=O)N1C[C@H](O)C[C@H]1C(=O)NC1(c2ccc(-c3scnc3C)cc2)COC1)C(C)(C)C. The Kier molecular flexibility index (Phi) is 7.23. The molecule has 2 aliphatic heterocycles. The third-order valence-corrected chi connectivity index (χ3v) is 7.81. The van der Waals surface area contributed by atoms with Crippen molar-refractivity contribution in [3.05, 3.63) is 41.0 Å². The zero-order chi connectivity index (χ0) is 26.3. The molecule has 0 aliphatic carbocycles. The normalized spacial score (nSPS) is 22.0. The largest absolute Gasteiger partial charge is 0.391 e. The molecule has 3 atom stereocenters. The number of ether oxygens (including phenoxy) is 1. The molecule has 2 saturated heterocycles. The maximum atomic E-state index is 13.5. The van der Waals surface area contributed by atoms with Crippen LogP contribution in [0.15, 0.2) is 29.8 Å². The number of hydrogen-bond acceptors (Lipinski definition) is 7. The van der Waals surface area contributed by atoms with E-state index in [-0.39, 0.29) is 30.7 Å². The highest BCUT2D eigenvalue weighted by Gasteiger charge is 2.48. The molecule has 3 amide bonds. The Bertz CT molecular complexity index is 1140. The molecule has 0 bridgehead atoms. The number of thiazole rings is 1. The number of amides is 3. The van der Waals surface area contributed by atoms with Crippen molar-refractivity contribution >= 4 is 29.1 Å². The number of carbonyl (C=O) groups is 3. The van der Waals surface area contributed by atoms with Crippen molar-refractivity contribution in [2.75, 3.05) is 19.8 Å².